The third-order valence-corrected chi connectivity index (χ3v) is 4.49. The van der Waals surface area contributed by atoms with Gasteiger partial charge in [-0.15, -0.1) is 0 Å². The summed E-state index contributed by atoms with van der Waals surface area (Å²) in [4.78, 5) is 2.09. The van der Waals surface area contributed by atoms with Gasteiger partial charge < -0.3 is 5.11 Å². The maximum atomic E-state index is 11.5. The van der Waals surface area contributed by atoms with E-state index in [9.17, 15) is 13.5 Å². The van der Waals surface area contributed by atoms with Crippen LogP contribution < -0.4 is 0 Å². The maximum absolute atomic E-state index is 11.5. The normalized spacial score (nSPS) is 22.9. The van der Waals surface area contributed by atoms with Crippen molar-refractivity contribution in [1.82, 2.24) is 9.21 Å². The van der Waals surface area contributed by atoms with Crippen LogP contribution in [0.25, 0.3) is 0 Å². The first-order chi connectivity index (χ1) is 6.95. The third-order valence-electron chi connectivity index (χ3n) is 2.61. The van der Waals surface area contributed by atoms with Gasteiger partial charge in [0.05, 0.1) is 11.9 Å². The predicted octanol–water partition coefficient (Wildman–Crippen LogP) is -0.665. The van der Waals surface area contributed by atoms with Crippen molar-refractivity contribution in [2.75, 3.05) is 38.5 Å². The van der Waals surface area contributed by atoms with Crippen LogP contribution in [0.5, 0.6) is 0 Å². The molecule has 15 heavy (non-hydrogen) atoms. The first-order valence-corrected chi connectivity index (χ1v) is 6.95. The lowest BCUT2D eigenvalue weighted by Gasteiger charge is -2.34. The molecular weight excluding hydrogens is 216 g/mol. The fourth-order valence-electron chi connectivity index (χ4n) is 1.75. The fourth-order valence-corrected chi connectivity index (χ4v) is 2.83. The SMILES string of the molecule is CCS(=O)(=O)N1CCN(C[C@@H](C)O)CC1. The number of hydrogen-bond donors (Lipinski definition) is 1. The Kier molecular flexibility index (Phi) is 4.51. The molecule has 0 radical (unpaired) electrons. The van der Waals surface area contributed by atoms with Gasteiger partial charge >= 0.3 is 0 Å². The van der Waals surface area contributed by atoms with Gasteiger partial charge in [0.2, 0.25) is 10.0 Å². The summed E-state index contributed by atoms with van der Waals surface area (Å²) >= 11 is 0. The molecule has 1 aliphatic heterocycles. The van der Waals surface area contributed by atoms with Crippen molar-refractivity contribution < 1.29 is 13.5 Å². The first kappa shape index (κ1) is 12.9. The number of β-amino-alcohol motifs (C(OH)–C–C–N with tert-alkyl or cyclic N) is 1. The highest BCUT2D eigenvalue weighted by atomic mass is 32.2. The minimum atomic E-state index is -3.03. The second-order valence-electron chi connectivity index (χ2n) is 3.95. The smallest absolute Gasteiger partial charge is 0.213 e. The Morgan fingerprint density at radius 1 is 1.27 bits per heavy atom. The van der Waals surface area contributed by atoms with Crippen LogP contribution in [-0.2, 0) is 10.0 Å². The topological polar surface area (TPSA) is 60.9 Å². The third kappa shape index (κ3) is 3.71. The Bertz CT molecular complexity index is 282. The molecule has 1 aliphatic rings. The Hall–Kier alpha value is -0.170. The molecule has 1 heterocycles. The minimum Gasteiger partial charge on any atom is -0.392 e. The van der Waals surface area contributed by atoms with Crippen LogP contribution in [0.3, 0.4) is 0 Å². The van der Waals surface area contributed by atoms with Crippen LogP contribution in [0.1, 0.15) is 13.8 Å². The molecule has 1 atom stereocenters. The maximum Gasteiger partial charge on any atom is 0.213 e. The van der Waals surface area contributed by atoms with Gasteiger partial charge in [0, 0.05) is 32.7 Å². The summed E-state index contributed by atoms with van der Waals surface area (Å²) in [6.07, 6.45) is -0.348. The predicted molar refractivity (Wildman–Crippen MR) is 59.2 cm³/mol. The molecule has 0 aromatic heterocycles. The van der Waals surface area contributed by atoms with Crippen LogP contribution in [-0.4, -0.2) is 67.3 Å². The molecule has 5 nitrogen and oxygen atoms in total. The quantitative estimate of drug-likeness (QED) is 0.703. The average molecular weight is 236 g/mol. The van der Waals surface area contributed by atoms with E-state index in [1.165, 1.54) is 4.31 Å². The van der Waals surface area contributed by atoms with E-state index in [0.29, 0.717) is 32.7 Å². The van der Waals surface area contributed by atoms with Crippen molar-refractivity contribution in [3.63, 3.8) is 0 Å². The molecular formula is C9H20N2O3S. The van der Waals surface area contributed by atoms with Crippen molar-refractivity contribution in [1.29, 1.82) is 0 Å². The molecule has 1 saturated heterocycles. The lowest BCUT2D eigenvalue weighted by Crippen LogP contribution is -2.50. The van der Waals surface area contributed by atoms with Gasteiger partial charge in [-0.2, -0.15) is 4.31 Å². The molecule has 0 bridgehead atoms. The number of nitrogens with zero attached hydrogens (tertiary/aromatic N) is 2. The molecule has 0 saturated carbocycles. The summed E-state index contributed by atoms with van der Waals surface area (Å²) in [6, 6.07) is 0. The lowest BCUT2D eigenvalue weighted by atomic mass is 10.3. The Balaban J connectivity index is 2.43. The number of sulfonamides is 1. The van der Waals surface area contributed by atoms with Crippen LogP contribution >= 0.6 is 0 Å². The van der Waals surface area contributed by atoms with Gasteiger partial charge in [-0.05, 0) is 13.8 Å². The summed E-state index contributed by atoms with van der Waals surface area (Å²) in [6.45, 7) is 6.55. The van der Waals surface area contributed by atoms with E-state index >= 15 is 0 Å². The largest absolute Gasteiger partial charge is 0.392 e. The first-order valence-electron chi connectivity index (χ1n) is 5.34. The second-order valence-corrected chi connectivity index (χ2v) is 6.21. The van der Waals surface area contributed by atoms with E-state index in [1.54, 1.807) is 13.8 Å². The molecule has 0 spiro atoms. The number of piperazine rings is 1. The highest BCUT2D eigenvalue weighted by Crippen LogP contribution is 2.08. The van der Waals surface area contributed by atoms with E-state index < -0.39 is 10.0 Å². The highest BCUT2D eigenvalue weighted by Gasteiger charge is 2.25. The zero-order valence-corrected chi connectivity index (χ0v) is 10.2. The van der Waals surface area contributed by atoms with Crippen LogP contribution in [0, 0.1) is 0 Å². The van der Waals surface area contributed by atoms with E-state index in [1.807, 2.05) is 0 Å². The molecule has 1 N–H and O–H groups in total. The number of rotatable bonds is 4. The fraction of sp³-hybridized carbons (Fsp3) is 1.00. The Labute approximate surface area is 91.7 Å². The second kappa shape index (κ2) is 5.25. The summed E-state index contributed by atoms with van der Waals surface area (Å²) in [5.41, 5.74) is 0. The molecule has 1 rings (SSSR count). The zero-order chi connectivity index (χ0) is 11.5. The number of aliphatic hydroxyl groups excluding tert-OH is 1. The molecule has 0 amide bonds. The molecule has 0 aromatic carbocycles. The molecule has 0 aromatic rings. The van der Waals surface area contributed by atoms with Crippen molar-refractivity contribution in [3.05, 3.63) is 0 Å². The summed E-state index contributed by atoms with van der Waals surface area (Å²) in [5.74, 6) is 0.170. The van der Waals surface area contributed by atoms with E-state index in [4.69, 9.17) is 0 Å². The Morgan fingerprint density at radius 2 is 1.80 bits per heavy atom. The van der Waals surface area contributed by atoms with Crippen LogP contribution in [0.15, 0.2) is 0 Å². The monoisotopic (exact) mass is 236 g/mol. The van der Waals surface area contributed by atoms with Crippen molar-refractivity contribution >= 4 is 10.0 Å². The van der Waals surface area contributed by atoms with Gasteiger partial charge in [-0.3, -0.25) is 4.90 Å². The van der Waals surface area contributed by atoms with Crippen molar-refractivity contribution in [3.8, 4) is 0 Å². The zero-order valence-electron chi connectivity index (χ0n) is 9.39. The number of hydrogen-bond acceptors (Lipinski definition) is 4. The van der Waals surface area contributed by atoms with Crippen molar-refractivity contribution in [2.45, 2.75) is 20.0 Å². The summed E-state index contributed by atoms with van der Waals surface area (Å²) < 4.78 is 24.6. The van der Waals surface area contributed by atoms with E-state index in [-0.39, 0.29) is 11.9 Å². The standard InChI is InChI=1S/C9H20N2O3S/c1-3-15(13,14)11-6-4-10(5-7-11)8-9(2)12/h9,12H,3-8H2,1-2H3/t9-/m1/s1. The number of aliphatic hydroxyl groups is 1. The van der Waals surface area contributed by atoms with Crippen LogP contribution in [0.2, 0.25) is 0 Å². The highest BCUT2D eigenvalue weighted by molar-refractivity contribution is 7.89. The van der Waals surface area contributed by atoms with Crippen molar-refractivity contribution in [2.24, 2.45) is 0 Å². The van der Waals surface area contributed by atoms with Gasteiger partial charge in [0.1, 0.15) is 0 Å². The van der Waals surface area contributed by atoms with E-state index in [2.05, 4.69) is 4.90 Å². The van der Waals surface area contributed by atoms with Gasteiger partial charge in [0.15, 0.2) is 0 Å². The minimum absolute atomic E-state index is 0.170. The molecule has 0 aliphatic carbocycles. The molecule has 1 fully saturated rings. The average Bonchev–Trinajstić information content (AvgIpc) is 2.18. The van der Waals surface area contributed by atoms with Gasteiger partial charge in [0.25, 0.3) is 0 Å². The van der Waals surface area contributed by atoms with Gasteiger partial charge in [-0.1, -0.05) is 0 Å². The van der Waals surface area contributed by atoms with E-state index in [0.717, 1.165) is 0 Å². The summed E-state index contributed by atoms with van der Waals surface area (Å²) in [5, 5.41) is 9.20. The molecule has 90 valence electrons. The molecule has 0 unspecified atom stereocenters. The summed E-state index contributed by atoms with van der Waals surface area (Å²) in [7, 11) is -3.03. The molecule has 6 heteroatoms. The van der Waals surface area contributed by atoms with Crippen LogP contribution in [0.4, 0.5) is 0 Å². The Morgan fingerprint density at radius 3 is 2.20 bits per heavy atom. The van der Waals surface area contributed by atoms with Gasteiger partial charge in [-0.25, -0.2) is 8.42 Å². The lowest BCUT2D eigenvalue weighted by molar-refractivity contribution is 0.103.